The Morgan fingerprint density at radius 1 is 1.12 bits per heavy atom. The van der Waals surface area contributed by atoms with Crippen molar-refractivity contribution in [1.29, 1.82) is 0 Å². The van der Waals surface area contributed by atoms with Crippen LogP contribution in [0.3, 0.4) is 0 Å². The molecule has 24 heavy (non-hydrogen) atoms. The summed E-state index contributed by atoms with van der Waals surface area (Å²) in [5.41, 5.74) is 5.67. The molecule has 1 aromatic carbocycles. The Hall–Kier alpha value is -2.25. The number of aryl methyl sites for hydroxylation is 1. The summed E-state index contributed by atoms with van der Waals surface area (Å²) in [6.45, 7) is 2.54. The number of hydrazone groups is 1. The van der Waals surface area contributed by atoms with Crippen LogP contribution in [0.1, 0.15) is 25.5 Å². The molecule has 7 heteroatoms. The van der Waals surface area contributed by atoms with Crippen molar-refractivity contribution in [3.63, 3.8) is 0 Å². The molecule has 0 saturated heterocycles. The average Bonchev–Trinajstić information content (AvgIpc) is 2.57. The summed E-state index contributed by atoms with van der Waals surface area (Å²) in [6, 6.07) is 15.4. The number of aromatic nitrogens is 1. The molecule has 0 saturated carbocycles. The van der Waals surface area contributed by atoms with E-state index in [1.807, 2.05) is 66.2 Å². The Morgan fingerprint density at radius 3 is 2.54 bits per heavy atom. The van der Waals surface area contributed by atoms with Gasteiger partial charge in [0, 0.05) is 24.3 Å². The maximum atomic E-state index is 10.6. The van der Waals surface area contributed by atoms with Gasteiger partial charge in [0.2, 0.25) is 5.69 Å². The summed E-state index contributed by atoms with van der Waals surface area (Å²) in [4.78, 5) is 0. The maximum absolute atomic E-state index is 10.6. The number of hydrogen-bond donors (Lipinski definition) is 1. The van der Waals surface area contributed by atoms with Gasteiger partial charge in [-0.1, -0.05) is 18.2 Å². The normalized spacial score (nSPS) is 12.2. The number of hydrogen-bond acceptors (Lipinski definition) is 5. The largest absolute Gasteiger partial charge is 0.748 e. The number of nitrogens with one attached hydrogen (secondary N) is 1. The van der Waals surface area contributed by atoms with Crippen LogP contribution >= 0.6 is 0 Å². The highest BCUT2D eigenvalue weighted by Gasteiger charge is 2.12. The second-order valence-electron chi connectivity index (χ2n) is 5.42. The van der Waals surface area contributed by atoms with Crippen molar-refractivity contribution >= 4 is 21.5 Å². The summed E-state index contributed by atoms with van der Waals surface area (Å²) in [6.07, 6.45) is 2.89. The lowest BCUT2D eigenvalue weighted by molar-refractivity contribution is -0.698. The number of unbranched alkanes of at least 4 members (excludes halogenated alkanes) is 1. The van der Waals surface area contributed by atoms with Crippen LogP contribution in [-0.4, -0.2) is 24.4 Å². The van der Waals surface area contributed by atoms with Crippen molar-refractivity contribution in [2.24, 2.45) is 5.10 Å². The molecule has 2 rings (SSSR count). The van der Waals surface area contributed by atoms with Crippen LogP contribution in [0.5, 0.6) is 0 Å². The van der Waals surface area contributed by atoms with E-state index in [9.17, 15) is 13.0 Å². The van der Waals surface area contributed by atoms with Crippen LogP contribution in [-0.2, 0) is 16.7 Å². The zero-order chi connectivity index (χ0) is 17.4. The Balaban J connectivity index is 2.01. The van der Waals surface area contributed by atoms with Crippen LogP contribution in [0.4, 0.5) is 5.69 Å². The van der Waals surface area contributed by atoms with E-state index in [-0.39, 0.29) is 5.75 Å². The van der Waals surface area contributed by atoms with E-state index >= 15 is 0 Å². The molecule has 0 bridgehead atoms. The second kappa shape index (κ2) is 8.56. The van der Waals surface area contributed by atoms with Gasteiger partial charge in [0.15, 0.2) is 6.20 Å². The molecule has 128 valence electrons. The number of para-hydroxylation sites is 1. The van der Waals surface area contributed by atoms with Crippen molar-refractivity contribution in [2.45, 2.75) is 26.3 Å². The first kappa shape index (κ1) is 18.1. The van der Waals surface area contributed by atoms with Crippen LogP contribution in [0.15, 0.2) is 59.8 Å². The number of rotatable bonds is 8. The Kier molecular flexibility index (Phi) is 6.45. The first-order valence-corrected chi connectivity index (χ1v) is 9.31. The van der Waals surface area contributed by atoms with Crippen molar-refractivity contribution in [1.82, 2.24) is 0 Å². The molecule has 0 amide bonds. The first-order chi connectivity index (χ1) is 11.5. The van der Waals surface area contributed by atoms with Gasteiger partial charge in [0.1, 0.15) is 12.3 Å². The zero-order valence-electron chi connectivity index (χ0n) is 13.6. The SMILES string of the molecule is CC(=NNc1ccccc1)c1cccc[n+]1CCCCS(=O)(=O)[O-]. The van der Waals surface area contributed by atoms with E-state index in [2.05, 4.69) is 10.5 Å². The number of nitrogens with zero attached hydrogens (tertiary/aromatic N) is 2. The van der Waals surface area contributed by atoms with Crippen molar-refractivity contribution in [3.05, 3.63) is 60.4 Å². The van der Waals surface area contributed by atoms with Crippen LogP contribution in [0.2, 0.25) is 0 Å². The highest BCUT2D eigenvalue weighted by atomic mass is 32.2. The minimum atomic E-state index is -4.14. The molecule has 0 spiro atoms. The summed E-state index contributed by atoms with van der Waals surface area (Å²) in [5.74, 6) is -0.321. The molecule has 1 N–H and O–H groups in total. The van der Waals surface area contributed by atoms with Gasteiger partial charge in [0.25, 0.3) is 0 Å². The fourth-order valence-electron chi connectivity index (χ4n) is 2.28. The lowest BCUT2D eigenvalue weighted by atomic mass is 10.2. The summed E-state index contributed by atoms with van der Waals surface area (Å²) in [5, 5.41) is 4.39. The van der Waals surface area contributed by atoms with Crippen molar-refractivity contribution in [2.75, 3.05) is 11.2 Å². The molecule has 0 aliphatic rings. The van der Waals surface area contributed by atoms with E-state index in [0.717, 1.165) is 17.1 Å². The average molecular weight is 347 g/mol. The van der Waals surface area contributed by atoms with Crippen molar-refractivity contribution < 1.29 is 17.5 Å². The predicted molar refractivity (Wildman–Crippen MR) is 92.7 cm³/mol. The van der Waals surface area contributed by atoms with E-state index in [1.54, 1.807) is 0 Å². The van der Waals surface area contributed by atoms with E-state index in [1.165, 1.54) is 0 Å². The summed E-state index contributed by atoms with van der Waals surface area (Å²) < 4.78 is 33.9. The van der Waals surface area contributed by atoms with E-state index in [0.29, 0.717) is 19.4 Å². The fourth-order valence-corrected chi connectivity index (χ4v) is 2.84. The molecule has 0 fully saturated rings. The molecule has 0 atom stereocenters. The quantitative estimate of drug-likeness (QED) is 0.261. The third-order valence-electron chi connectivity index (χ3n) is 3.48. The van der Waals surface area contributed by atoms with Crippen LogP contribution < -0.4 is 9.99 Å². The summed E-state index contributed by atoms with van der Waals surface area (Å²) >= 11 is 0. The highest BCUT2D eigenvalue weighted by molar-refractivity contribution is 7.85. The van der Waals surface area contributed by atoms with Gasteiger partial charge >= 0.3 is 0 Å². The smallest absolute Gasteiger partial charge is 0.228 e. The van der Waals surface area contributed by atoms with E-state index < -0.39 is 10.1 Å². The van der Waals surface area contributed by atoms with Gasteiger partial charge in [-0.05, 0) is 31.5 Å². The van der Waals surface area contributed by atoms with Gasteiger partial charge < -0.3 is 4.55 Å². The third-order valence-corrected chi connectivity index (χ3v) is 4.27. The Labute approximate surface area is 142 Å². The molecule has 1 aromatic heterocycles. The standard InChI is InChI=1S/C17H21N3O3S/c1-15(18-19-16-9-3-2-4-10-16)17-11-5-6-12-20(17)13-7-8-14-24(21,22)23/h2-6,9-12H,7-8,13-14H2,1H3,(H,21,22,23). The van der Waals surface area contributed by atoms with Gasteiger partial charge in [-0.25, -0.2) is 8.42 Å². The van der Waals surface area contributed by atoms with Gasteiger partial charge in [-0.2, -0.15) is 9.67 Å². The fraction of sp³-hybridized carbons (Fsp3) is 0.294. The second-order valence-corrected chi connectivity index (χ2v) is 6.95. The molecular weight excluding hydrogens is 326 g/mol. The first-order valence-electron chi connectivity index (χ1n) is 7.73. The topological polar surface area (TPSA) is 85.5 Å². The lowest BCUT2D eigenvalue weighted by Gasteiger charge is -2.07. The minimum absolute atomic E-state index is 0.321. The predicted octanol–water partition coefficient (Wildman–Crippen LogP) is 2.14. The summed E-state index contributed by atoms with van der Waals surface area (Å²) in [7, 11) is -4.14. The van der Waals surface area contributed by atoms with Gasteiger partial charge in [-0.3, -0.25) is 5.43 Å². The number of benzene rings is 1. The molecule has 0 aliphatic carbocycles. The highest BCUT2D eigenvalue weighted by Crippen LogP contribution is 2.06. The maximum Gasteiger partial charge on any atom is 0.228 e. The van der Waals surface area contributed by atoms with Crippen LogP contribution in [0, 0.1) is 0 Å². The van der Waals surface area contributed by atoms with Crippen molar-refractivity contribution in [3.8, 4) is 0 Å². The molecule has 1 heterocycles. The molecule has 6 nitrogen and oxygen atoms in total. The molecular formula is C17H21N3O3S. The monoisotopic (exact) mass is 347 g/mol. The molecule has 0 radical (unpaired) electrons. The Bertz CT molecular complexity index is 790. The Morgan fingerprint density at radius 2 is 1.83 bits per heavy atom. The van der Waals surface area contributed by atoms with E-state index in [4.69, 9.17) is 0 Å². The molecule has 2 aromatic rings. The number of anilines is 1. The molecule has 0 aliphatic heterocycles. The van der Waals surface area contributed by atoms with Gasteiger partial charge in [0.05, 0.1) is 15.8 Å². The molecule has 0 unspecified atom stereocenters. The lowest BCUT2D eigenvalue weighted by Crippen LogP contribution is -2.40. The number of pyridine rings is 1. The minimum Gasteiger partial charge on any atom is -0.748 e. The third kappa shape index (κ3) is 6.10. The van der Waals surface area contributed by atoms with Gasteiger partial charge in [-0.15, -0.1) is 0 Å². The van der Waals surface area contributed by atoms with Crippen LogP contribution in [0.25, 0.3) is 0 Å². The zero-order valence-corrected chi connectivity index (χ0v) is 14.4.